The molecule has 0 bridgehead atoms. The molecule has 0 spiro atoms. The fourth-order valence-corrected chi connectivity index (χ4v) is 2.16. The van der Waals surface area contributed by atoms with E-state index in [1.54, 1.807) is 0 Å². The van der Waals surface area contributed by atoms with Crippen LogP contribution in [0.4, 0.5) is 13.2 Å². The van der Waals surface area contributed by atoms with E-state index in [0.29, 0.717) is 25.2 Å². The van der Waals surface area contributed by atoms with Crippen LogP contribution >= 0.6 is 0 Å². The standard InChI is InChI=1S/C10H11F3N2O3S/c1-15-5-4-8-7(6-15)2-3-9(14-8)18-19(16,17)10(11,12)13/h2-3H,4-6H2,1H3. The summed E-state index contributed by atoms with van der Waals surface area (Å²) in [5, 5.41) is 0. The van der Waals surface area contributed by atoms with Crippen LogP contribution in [-0.2, 0) is 23.1 Å². The summed E-state index contributed by atoms with van der Waals surface area (Å²) in [6, 6.07) is 2.65. The maximum absolute atomic E-state index is 12.2. The smallest absolute Gasteiger partial charge is 0.355 e. The highest BCUT2D eigenvalue weighted by molar-refractivity contribution is 7.87. The van der Waals surface area contributed by atoms with Gasteiger partial charge in [-0.3, -0.25) is 0 Å². The van der Waals surface area contributed by atoms with Crippen molar-refractivity contribution < 1.29 is 25.8 Å². The molecule has 0 aliphatic carbocycles. The molecule has 0 aromatic carbocycles. The van der Waals surface area contributed by atoms with Gasteiger partial charge in [0.2, 0.25) is 5.88 Å². The highest BCUT2D eigenvalue weighted by Gasteiger charge is 2.48. The highest BCUT2D eigenvalue weighted by atomic mass is 32.2. The van der Waals surface area contributed by atoms with Crippen molar-refractivity contribution in [1.29, 1.82) is 0 Å². The SMILES string of the molecule is CN1CCc2nc(OS(=O)(=O)C(F)(F)F)ccc2C1. The number of hydrogen-bond donors (Lipinski definition) is 0. The van der Waals surface area contributed by atoms with E-state index in [9.17, 15) is 21.6 Å². The molecule has 2 rings (SSSR count). The van der Waals surface area contributed by atoms with Crippen molar-refractivity contribution in [2.24, 2.45) is 0 Å². The van der Waals surface area contributed by atoms with Crippen LogP contribution in [0.5, 0.6) is 5.88 Å². The minimum absolute atomic E-state index is 0.537. The molecule has 1 aromatic heterocycles. The monoisotopic (exact) mass is 296 g/mol. The Hall–Kier alpha value is -1.35. The van der Waals surface area contributed by atoms with E-state index >= 15 is 0 Å². The molecular weight excluding hydrogens is 285 g/mol. The lowest BCUT2D eigenvalue weighted by Gasteiger charge is -2.24. The summed E-state index contributed by atoms with van der Waals surface area (Å²) in [6.07, 6.45) is 0.537. The van der Waals surface area contributed by atoms with Crippen molar-refractivity contribution in [1.82, 2.24) is 9.88 Å². The fourth-order valence-electron chi connectivity index (χ4n) is 1.74. The topological polar surface area (TPSA) is 59.5 Å². The van der Waals surface area contributed by atoms with Gasteiger partial charge in [-0.1, -0.05) is 6.07 Å². The van der Waals surface area contributed by atoms with Crippen LogP contribution in [0.25, 0.3) is 0 Å². The second-order valence-corrected chi connectivity index (χ2v) is 5.76. The second kappa shape index (κ2) is 4.64. The third-order valence-corrected chi connectivity index (χ3v) is 3.65. The Morgan fingerprint density at radius 2 is 2.05 bits per heavy atom. The zero-order chi connectivity index (χ0) is 14.3. The normalized spacial score (nSPS) is 17.1. The minimum atomic E-state index is -5.66. The maximum atomic E-state index is 12.2. The lowest BCUT2D eigenvalue weighted by atomic mass is 10.1. The van der Waals surface area contributed by atoms with Gasteiger partial charge in [0.25, 0.3) is 0 Å². The van der Waals surface area contributed by atoms with Crippen molar-refractivity contribution >= 4 is 10.1 Å². The number of hydrogen-bond acceptors (Lipinski definition) is 5. The number of halogens is 3. The Bertz CT molecular complexity index is 586. The van der Waals surface area contributed by atoms with E-state index in [1.807, 2.05) is 11.9 Å². The van der Waals surface area contributed by atoms with Crippen LogP contribution in [0.2, 0.25) is 0 Å². The van der Waals surface area contributed by atoms with Gasteiger partial charge >= 0.3 is 15.6 Å². The number of aromatic nitrogens is 1. The van der Waals surface area contributed by atoms with Crippen LogP contribution in [0.3, 0.4) is 0 Å². The first-order valence-electron chi connectivity index (χ1n) is 5.37. The van der Waals surface area contributed by atoms with Crippen molar-refractivity contribution in [2.75, 3.05) is 13.6 Å². The Morgan fingerprint density at radius 3 is 2.68 bits per heavy atom. The number of likely N-dealkylation sites (N-methyl/N-ethyl adjacent to an activating group) is 1. The third kappa shape index (κ3) is 2.98. The number of pyridine rings is 1. The molecular formula is C10H11F3N2O3S. The fraction of sp³-hybridized carbons (Fsp3) is 0.500. The summed E-state index contributed by atoms with van der Waals surface area (Å²) in [5.74, 6) is -0.555. The highest BCUT2D eigenvalue weighted by Crippen LogP contribution is 2.27. The summed E-state index contributed by atoms with van der Waals surface area (Å²) in [5.41, 5.74) is -4.04. The molecule has 0 unspecified atom stereocenters. The van der Waals surface area contributed by atoms with Gasteiger partial charge in [0, 0.05) is 25.6 Å². The average molecular weight is 296 g/mol. The van der Waals surface area contributed by atoms with Crippen molar-refractivity contribution in [3.8, 4) is 5.88 Å². The van der Waals surface area contributed by atoms with Crippen LogP contribution in [0, 0.1) is 0 Å². The van der Waals surface area contributed by atoms with Gasteiger partial charge in [-0.05, 0) is 12.6 Å². The first-order valence-corrected chi connectivity index (χ1v) is 6.78. The molecule has 1 aliphatic rings. The average Bonchev–Trinajstić information content (AvgIpc) is 2.27. The molecule has 0 saturated heterocycles. The molecule has 0 radical (unpaired) electrons. The molecule has 1 aromatic rings. The summed E-state index contributed by atoms with van der Waals surface area (Å²) in [7, 11) is -3.76. The molecule has 0 amide bonds. The van der Waals surface area contributed by atoms with Crippen molar-refractivity contribution in [3.05, 3.63) is 23.4 Å². The molecule has 0 atom stereocenters. The Labute approximate surface area is 108 Å². The Balaban J connectivity index is 2.25. The summed E-state index contributed by atoms with van der Waals surface area (Å²) in [6.45, 7) is 1.32. The molecule has 1 aliphatic heterocycles. The van der Waals surface area contributed by atoms with E-state index in [4.69, 9.17) is 0 Å². The predicted molar refractivity (Wildman–Crippen MR) is 59.9 cm³/mol. The lowest BCUT2D eigenvalue weighted by Crippen LogP contribution is -2.29. The molecule has 5 nitrogen and oxygen atoms in total. The van der Waals surface area contributed by atoms with Crippen molar-refractivity contribution in [2.45, 2.75) is 18.5 Å². The van der Waals surface area contributed by atoms with Crippen LogP contribution < -0.4 is 4.18 Å². The zero-order valence-electron chi connectivity index (χ0n) is 9.94. The molecule has 0 saturated carbocycles. The van der Waals surface area contributed by atoms with Crippen LogP contribution in [-0.4, -0.2) is 37.4 Å². The van der Waals surface area contributed by atoms with Gasteiger partial charge in [-0.2, -0.15) is 21.6 Å². The van der Waals surface area contributed by atoms with E-state index < -0.39 is 21.5 Å². The second-order valence-electron chi connectivity index (χ2n) is 4.23. The van der Waals surface area contributed by atoms with Gasteiger partial charge in [-0.25, -0.2) is 4.98 Å². The van der Waals surface area contributed by atoms with E-state index in [2.05, 4.69) is 9.17 Å². The van der Waals surface area contributed by atoms with Crippen LogP contribution in [0.15, 0.2) is 12.1 Å². The van der Waals surface area contributed by atoms with E-state index in [1.165, 1.54) is 6.07 Å². The van der Waals surface area contributed by atoms with Crippen LogP contribution in [0.1, 0.15) is 11.3 Å². The molecule has 0 fully saturated rings. The molecule has 19 heavy (non-hydrogen) atoms. The summed E-state index contributed by atoms with van der Waals surface area (Å²) < 4.78 is 62.2. The summed E-state index contributed by atoms with van der Waals surface area (Å²) >= 11 is 0. The Kier molecular flexibility index (Phi) is 3.43. The van der Waals surface area contributed by atoms with Gasteiger partial charge in [0.15, 0.2) is 0 Å². The summed E-state index contributed by atoms with van der Waals surface area (Å²) in [4.78, 5) is 5.84. The minimum Gasteiger partial charge on any atom is -0.355 e. The maximum Gasteiger partial charge on any atom is 0.534 e. The quantitative estimate of drug-likeness (QED) is 0.608. The number of fused-ring (bicyclic) bond motifs is 1. The first kappa shape index (κ1) is 14.1. The van der Waals surface area contributed by atoms with Crippen molar-refractivity contribution in [3.63, 3.8) is 0 Å². The van der Waals surface area contributed by atoms with Gasteiger partial charge in [-0.15, -0.1) is 0 Å². The molecule has 9 heteroatoms. The Morgan fingerprint density at radius 1 is 1.37 bits per heavy atom. The molecule has 0 N–H and O–H groups in total. The molecule has 2 heterocycles. The van der Waals surface area contributed by atoms with Gasteiger partial charge in [0.05, 0.1) is 5.69 Å². The first-order chi connectivity index (χ1) is 8.69. The predicted octanol–water partition coefficient (Wildman–Crippen LogP) is 1.30. The lowest BCUT2D eigenvalue weighted by molar-refractivity contribution is -0.0501. The van der Waals surface area contributed by atoms with E-state index in [0.717, 1.165) is 11.6 Å². The zero-order valence-corrected chi connectivity index (χ0v) is 10.8. The number of alkyl halides is 3. The number of nitrogens with zero attached hydrogens (tertiary/aromatic N) is 2. The third-order valence-electron chi connectivity index (χ3n) is 2.69. The number of rotatable bonds is 2. The van der Waals surface area contributed by atoms with Gasteiger partial charge in [0.1, 0.15) is 0 Å². The van der Waals surface area contributed by atoms with E-state index in [-0.39, 0.29) is 0 Å². The molecule has 106 valence electrons. The largest absolute Gasteiger partial charge is 0.534 e. The van der Waals surface area contributed by atoms with Gasteiger partial charge < -0.3 is 9.08 Å².